The van der Waals surface area contributed by atoms with Gasteiger partial charge in [-0.3, -0.25) is 0 Å². The van der Waals surface area contributed by atoms with Gasteiger partial charge in [0.2, 0.25) is 0 Å². The number of para-hydroxylation sites is 2. The van der Waals surface area contributed by atoms with Crippen molar-refractivity contribution in [3.8, 4) is 17.2 Å². The van der Waals surface area contributed by atoms with Crippen LogP contribution < -0.4 is 15.2 Å². The summed E-state index contributed by atoms with van der Waals surface area (Å²) in [5, 5.41) is 0. The van der Waals surface area contributed by atoms with E-state index in [9.17, 15) is 0 Å². The second-order valence-electron chi connectivity index (χ2n) is 5.72. The molecule has 20 heavy (non-hydrogen) atoms. The number of anilines is 1. The van der Waals surface area contributed by atoms with Crippen molar-refractivity contribution in [1.82, 2.24) is 0 Å². The van der Waals surface area contributed by atoms with Gasteiger partial charge in [0, 0.05) is 5.56 Å². The average molecular weight is 271 g/mol. The van der Waals surface area contributed by atoms with E-state index in [2.05, 4.69) is 26.8 Å². The highest BCUT2D eigenvalue weighted by Gasteiger charge is 2.19. The van der Waals surface area contributed by atoms with Crippen LogP contribution in [0.15, 0.2) is 42.5 Å². The van der Waals surface area contributed by atoms with Gasteiger partial charge in [-0.2, -0.15) is 0 Å². The van der Waals surface area contributed by atoms with Crippen LogP contribution in [0, 0.1) is 0 Å². The number of ether oxygens (including phenoxy) is 2. The average Bonchev–Trinajstić information content (AvgIpc) is 2.40. The van der Waals surface area contributed by atoms with Crippen LogP contribution in [-0.4, -0.2) is 7.11 Å². The first-order chi connectivity index (χ1) is 9.43. The third-order valence-electron chi connectivity index (χ3n) is 3.16. The van der Waals surface area contributed by atoms with E-state index in [1.54, 1.807) is 7.11 Å². The van der Waals surface area contributed by atoms with E-state index in [-0.39, 0.29) is 5.41 Å². The minimum Gasteiger partial charge on any atom is -0.494 e. The van der Waals surface area contributed by atoms with Crippen molar-refractivity contribution in [3.63, 3.8) is 0 Å². The van der Waals surface area contributed by atoms with Gasteiger partial charge in [0.1, 0.15) is 17.2 Å². The third-order valence-corrected chi connectivity index (χ3v) is 3.16. The predicted molar refractivity (Wildman–Crippen MR) is 82.6 cm³/mol. The van der Waals surface area contributed by atoms with E-state index < -0.39 is 0 Å². The van der Waals surface area contributed by atoms with Crippen molar-refractivity contribution in [2.75, 3.05) is 12.8 Å². The number of hydrogen-bond acceptors (Lipinski definition) is 3. The quantitative estimate of drug-likeness (QED) is 0.843. The Morgan fingerprint density at radius 1 is 0.850 bits per heavy atom. The van der Waals surface area contributed by atoms with Crippen LogP contribution >= 0.6 is 0 Å². The fraction of sp³-hybridized carbons (Fsp3) is 0.294. The van der Waals surface area contributed by atoms with Gasteiger partial charge in [-0.05, 0) is 23.6 Å². The molecule has 0 fully saturated rings. The standard InChI is InChI=1S/C17H21NO2/c1-17(2,3)12-8-5-6-9-13(12)20-15-11-7-10-14(19-4)16(15)18/h5-11H,18H2,1-4H3. The van der Waals surface area contributed by atoms with Crippen LogP contribution in [0.4, 0.5) is 5.69 Å². The van der Waals surface area contributed by atoms with Crippen LogP contribution in [0.2, 0.25) is 0 Å². The molecule has 0 aliphatic heterocycles. The molecule has 3 nitrogen and oxygen atoms in total. The zero-order valence-corrected chi connectivity index (χ0v) is 12.4. The van der Waals surface area contributed by atoms with E-state index in [0.717, 1.165) is 11.3 Å². The first-order valence-corrected chi connectivity index (χ1v) is 6.63. The molecule has 2 rings (SSSR count). The smallest absolute Gasteiger partial charge is 0.154 e. The third kappa shape index (κ3) is 2.87. The Balaban J connectivity index is 2.41. The molecule has 3 heteroatoms. The molecule has 0 radical (unpaired) electrons. The van der Waals surface area contributed by atoms with Crippen molar-refractivity contribution in [2.45, 2.75) is 26.2 Å². The van der Waals surface area contributed by atoms with Gasteiger partial charge in [-0.15, -0.1) is 0 Å². The highest BCUT2D eigenvalue weighted by Crippen LogP contribution is 2.38. The van der Waals surface area contributed by atoms with E-state index in [1.165, 1.54) is 0 Å². The maximum Gasteiger partial charge on any atom is 0.154 e. The van der Waals surface area contributed by atoms with E-state index in [0.29, 0.717) is 17.2 Å². The molecule has 0 aromatic heterocycles. The van der Waals surface area contributed by atoms with Gasteiger partial charge in [0.05, 0.1) is 7.11 Å². The van der Waals surface area contributed by atoms with E-state index in [1.807, 2.05) is 36.4 Å². The predicted octanol–water partition coefficient (Wildman–Crippen LogP) is 4.37. The molecular weight excluding hydrogens is 250 g/mol. The minimum atomic E-state index is 0.00419. The van der Waals surface area contributed by atoms with Gasteiger partial charge in [-0.25, -0.2) is 0 Å². The minimum absolute atomic E-state index is 0.00419. The van der Waals surface area contributed by atoms with Gasteiger partial charge < -0.3 is 15.2 Å². The summed E-state index contributed by atoms with van der Waals surface area (Å²) in [6.07, 6.45) is 0. The maximum absolute atomic E-state index is 6.05. The molecule has 106 valence electrons. The van der Waals surface area contributed by atoms with Crippen LogP contribution in [0.25, 0.3) is 0 Å². The Morgan fingerprint density at radius 3 is 2.10 bits per heavy atom. The molecule has 0 aliphatic rings. The Morgan fingerprint density at radius 2 is 1.45 bits per heavy atom. The fourth-order valence-electron chi connectivity index (χ4n) is 2.08. The number of benzene rings is 2. The van der Waals surface area contributed by atoms with Crippen molar-refractivity contribution >= 4 is 5.69 Å². The SMILES string of the molecule is COc1cccc(Oc2ccccc2C(C)(C)C)c1N. The summed E-state index contributed by atoms with van der Waals surface area (Å²) in [5.41, 5.74) is 7.71. The van der Waals surface area contributed by atoms with Gasteiger partial charge >= 0.3 is 0 Å². The molecular formula is C17H21NO2. The molecule has 2 aromatic rings. The second kappa shape index (κ2) is 5.45. The summed E-state index contributed by atoms with van der Waals surface area (Å²) in [4.78, 5) is 0. The second-order valence-corrected chi connectivity index (χ2v) is 5.72. The molecule has 2 N–H and O–H groups in total. The number of nitrogens with two attached hydrogens (primary N) is 1. The largest absolute Gasteiger partial charge is 0.494 e. The molecule has 0 heterocycles. The highest BCUT2D eigenvalue weighted by atomic mass is 16.5. The number of rotatable bonds is 3. The number of nitrogen functional groups attached to an aromatic ring is 1. The molecule has 0 unspecified atom stereocenters. The summed E-state index contributed by atoms with van der Waals surface area (Å²) >= 11 is 0. The molecule has 0 saturated carbocycles. The lowest BCUT2D eigenvalue weighted by Crippen LogP contribution is -2.12. The number of methoxy groups -OCH3 is 1. The topological polar surface area (TPSA) is 44.5 Å². The lowest BCUT2D eigenvalue weighted by Gasteiger charge is -2.23. The molecule has 0 aliphatic carbocycles. The normalized spacial score (nSPS) is 11.2. The van der Waals surface area contributed by atoms with Crippen molar-refractivity contribution in [2.24, 2.45) is 0 Å². The zero-order chi connectivity index (χ0) is 14.8. The van der Waals surface area contributed by atoms with Gasteiger partial charge in [0.15, 0.2) is 5.75 Å². The molecule has 0 atom stereocenters. The van der Waals surface area contributed by atoms with Crippen LogP contribution in [-0.2, 0) is 5.41 Å². The van der Waals surface area contributed by atoms with E-state index >= 15 is 0 Å². The Labute approximate surface area is 120 Å². The Hall–Kier alpha value is -2.16. The lowest BCUT2D eigenvalue weighted by molar-refractivity contribution is 0.410. The summed E-state index contributed by atoms with van der Waals surface area (Å²) in [6.45, 7) is 6.47. The van der Waals surface area contributed by atoms with Gasteiger partial charge in [0.25, 0.3) is 0 Å². The fourth-order valence-corrected chi connectivity index (χ4v) is 2.08. The zero-order valence-electron chi connectivity index (χ0n) is 12.4. The molecule has 2 aromatic carbocycles. The lowest BCUT2D eigenvalue weighted by atomic mass is 9.86. The van der Waals surface area contributed by atoms with Crippen molar-refractivity contribution < 1.29 is 9.47 Å². The van der Waals surface area contributed by atoms with Crippen molar-refractivity contribution in [3.05, 3.63) is 48.0 Å². The summed E-state index contributed by atoms with van der Waals surface area (Å²) < 4.78 is 11.2. The van der Waals surface area contributed by atoms with E-state index in [4.69, 9.17) is 15.2 Å². The van der Waals surface area contributed by atoms with Crippen LogP contribution in [0.3, 0.4) is 0 Å². The summed E-state index contributed by atoms with van der Waals surface area (Å²) in [5.74, 6) is 2.05. The Bertz CT molecular complexity index is 600. The summed E-state index contributed by atoms with van der Waals surface area (Å²) in [6, 6.07) is 13.5. The molecule has 0 saturated heterocycles. The van der Waals surface area contributed by atoms with Crippen LogP contribution in [0.1, 0.15) is 26.3 Å². The maximum atomic E-state index is 6.05. The van der Waals surface area contributed by atoms with Crippen LogP contribution in [0.5, 0.6) is 17.2 Å². The van der Waals surface area contributed by atoms with Crippen molar-refractivity contribution in [1.29, 1.82) is 0 Å². The first kappa shape index (κ1) is 14.3. The monoisotopic (exact) mass is 271 g/mol. The summed E-state index contributed by atoms with van der Waals surface area (Å²) in [7, 11) is 1.60. The first-order valence-electron chi connectivity index (χ1n) is 6.63. The Kier molecular flexibility index (Phi) is 3.89. The highest BCUT2D eigenvalue weighted by molar-refractivity contribution is 5.63. The number of hydrogen-bond donors (Lipinski definition) is 1. The molecule has 0 spiro atoms. The molecule has 0 bridgehead atoms. The van der Waals surface area contributed by atoms with Gasteiger partial charge in [-0.1, -0.05) is 45.0 Å². The molecule has 0 amide bonds.